The van der Waals surface area contributed by atoms with Gasteiger partial charge in [-0.3, -0.25) is 4.98 Å². The van der Waals surface area contributed by atoms with Gasteiger partial charge in [-0.05, 0) is 62.9 Å². The molecule has 2 atom stereocenters. The summed E-state index contributed by atoms with van der Waals surface area (Å²) < 4.78 is 0. The first-order valence-electron chi connectivity index (χ1n) is 8.22. The van der Waals surface area contributed by atoms with Crippen molar-refractivity contribution in [3.05, 3.63) is 29.6 Å². The Hall–Kier alpha value is -0.930. The SMILES string of the molecule is CC(CNC1CCc2cccnc21)CN1CCCCC1. The smallest absolute Gasteiger partial charge is 0.0605 e. The van der Waals surface area contributed by atoms with Gasteiger partial charge in [-0.1, -0.05) is 19.4 Å². The van der Waals surface area contributed by atoms with E-state index in [-0.39, 0.29) is 0 Å². The number of likely N-dealkylation sites (tertiary alicyclic amines) is 1. The molecule has 0 saturated carbocycles. The second-order valence-corrected chi connectivity index (χ2v) is 6.51. The quantitative estimate of drug-likeness (QED) is 0.894. The fourth-order valence-corrected chi connectivity index (χ4v) is 3.60. The molecule has 3 heteroatoms. The predicted molar refractivity (Wildman–Crippen MR) is 82.8 cm³/mol. The van der Waals surface area contributed by atoms with Crippen molar-refractivity contribution in [1.82, 2.24) is 15.2 Å². The van der Waals surface area contributed by atoms with Gasteiger partial charge in [0.25, 0.3) is 0 Å². The number of rotatable bonds is 5. The van der Waals surface area contributed by atoms with Gasteiger partial charge in [0.05, 0.1) is 11.7 Å². The second kappa shape index (κ2) is 6.68. The van der Waals surface area contributed by atoms with Gasteiger partial charge < -0.3 is 10.2 Å². The van der Waals surface area contributed by atoms with E-state index in [2.05, 4.69) is 34.3 Å². The van der Waals surface area contributed by atoms with Crippen LogP contribution in [0.25, 0.3) is 0 Å². The standard InChI is InChI=1S/C17H27N3/c1-14(13-20-10-3-2-4-11-20)12-19-16-8-7-15-6-5-9-18-17(15)16/h5-6,9,14,16,19H,2-4,7-8,10-13H2,1H3. The van der Waals surface area contributed by atoms with E-state index >= 15 is 0 Å². The molecule has 2 heterocycles. The second-order valence-electron chi connectivity index (χ2n) is 6.51. The first-order chi connectivity index (χ1) is 9.83. The van der Waals surface area contributed by atoms with E-state index < -0.39 is 0 Å². The molecule has 20 heavy (non-hydrogen) atoms. The third-order valence-electron chi connectivity index (χ3n) is 4.69. The topological polar surface area (TPSA) is 28.2 Å². The number of piperidine rings is 1. The number of hydrogen-bond acceptors (Lipinski definition) is 3. The molecule has 1 aromatic heterocycles. The maximum atomic E-state index is 4.56. The van der Waals surface area contributed by atoms with Crippen molar-refractivity contribution >= 4 is 0 Å². The third-order valence-corrected chi connectivity index (χ3v) is 4.69. The van der Waals surface area contributed by atoms with Crippen molar-refractivity contribution in [2.24, 2.45) is 5.92 Å². The highest BCUT2D eigenvalue weighted by Crippen LogP contribution is 2.28. The lowest BCUT2D eigenvalue weighted by Crippen LogP contribution is -2.37. The Morgan fingerprint density at radius 1 is 1.35 bits per heavy atom. The zero-order valence-electron chi connectivity index (χ0n) is 12.6. The van der Waals surface area contributed by atoms with E-state index in [9.17, 15) is 0 Å². The molecule has 0 radical (unpaired) electrons. The molecule has 1 fully saturated rings. The largest absolute Gasteiger partial charge is 0.308 e. The molecular weight excluding hydrogens is 246 g/mol. The molecule has 1 aromatic rings. The Morgan fingerprint density at radius 3 is 3.05 bits per heavy atom. The molecule has 0 spiro atoms. The summed E-state index contributed by atoms with van der Waals surface area (Å²) in [5, 5.41) is 3.74. The van der Waals surface area contributed by atoms with Gasteiger partial charge in [-0.2, -0.15) is 0 Å². The van der Waals surface area contributed by atoms with E-state index in [1.165, 1.54) is 63.0 Å². The van der Waals surface area contributed by atoms with Gasteiger partial charge in [0.1, 0.15) is 0 Å². The average Bonchev–Trinajstić information content (AvgIpc) is 2.89. The summed E-state index contributed by atoms with van der Waals surface area (Å²) in [7, 11) is 0. The molecule has 1 aliphatic heterocycles. The lowest BCUT2D eigenvalue weighted by atomic mass is 10.1. The van der Waals surface area contributed by atoms with Crippen molar-refractivity contribution in [3.8, 4) is 0 Å². The van der Waals surface area contributed by atoms with Crippen LogP contribution < -0.4 is 5.32 Å². The summed E-state index contributed by atoms with van der Waals surface area (Å²) >= 11 is 0. The van der Waals surface area contributed by atoms with Gasteiger partial charge in [0.15, 0.2) is 0 Å². The first kappa shape index (κ1) is 14.0. The number of nitrogens with one attached hydrogen (secondary N) is 1. The summed E-state index contributed by atoms with van der Waals surface area (Å²) in [5.41, 5.74) is 2.73. The zero-order valence-corrected chi connectivity index (χ0v) is 12.6. The number of pyridine rings is 1. The molecule has 1 N–H and O–H groups in total. The van der Waals surface area contributed by atoms with Crippen LogP contribution in [0.2, 0.25) is 0 Å². The minimum atomic E-state index is 0.481. The van der Waals surface area contributed by atoms with Crippen LogP contribution in [0.5, 0.6) is 0 Å². The minimum Gasteiger partial charge on any atom is -0.308 e. The van der Waals surface area contributed by atoms with Crippen molar-refractivity contribution < 1.29 is 0 Å². The molecule has 3 nitrogen and oxygen atoms in total. The van der Waals surface area contributed by atoms with Crippen molar-refractivity contribution in [3.63, 3.8) is 0 Å². The Labute approximate surface area is 122 Å². The fourth-order valence-electron chi connectivity index (χ4n) is 3.60. The van der Waals surface area contributed by atoms with Crippen LogP contribution in [0.4, 0.5) is 0 Å². The van der Waals surface area contributed by atoms with Gasteiger partial charge in [0.2, 0.25) is 0 Å². The van der Waals surface area contributed by atoms with E-state index in [1.54, 1.807) is 0 Å². The number of hydrogen-bond donors (Lipinski definition) is 1. The van der Waals surface area contributed by atoms with Crippen LogP contribution in [0.15, 0.2) is 18.3 Å². The minimum absolute atomic E-state index is 0.481. The van der Waals surface area contributed by atoms with Crippen LogP contribution in [0.3, 0.4) is 0 Å². The number of fused-ring (bicyclic) bond motifs is 1. The third kappa shape index (κ3) is 3.39. The van der Waals surface area contributed by atoms with Gasteiger partial charge in [-0.15, -0.1) is 0 Å². The summed E-state index contributed by atoms with van der Waals surface area (Å²) in [4.78, 5) is 7.20. The zero-order chi connectivity index (χ0) is 13.8. The Balaban J connectivity index is 1.45. The Kier molecular flexibility index (Phi) is 4.69. The molecule has 3 rings (SSSR count). The van der Waals surface area contributed by atoms with E-state index in [1.807, 2.05) is 6.20 Å². The van der Waals surface area contributed by atoms with Crippen LogP contribution in [0.1, 0.15) is 49.9 Å². The highest BCUT2D eigenvalue weighted by Gasteiger charge is 2.23. The lowest BCUT2D eigenvalue weighted by Gasteiger charge is -2.29. The molecule has 1 saturated heterocycles. The molecule has 0 amide bonds. The number of aromatic nitrogens is 1. The van der Waals surface area contributed by atoms with E-state index in [4.69, 9.17) is 0 Å². The summed E-state index contributed by atoms with van der Waals surface area (Å²) in [6, 6.07) is 4.76. The van der Waals surface area contributed by atoms with Gasteiger partial charge >= 0.3 is 0 Å². The maximum Gasteiger partial charge on any atom is 0.0605 e. The van der Waals surface area contributed by atoms with Gasteiger partial charge in [-0.25, -0.2) is 0 Å². The Morgan fingerprint density at radius 2 is 2.20 bits per heavy atom. The highest BCUT2D eigenvalue weighted by molar-refractivity contribution is 5.27. The number of nitrogens with zero attached hydrogens (tertiary/aromatic N) is 2. The van der Waals surface area contributed by atoms with Crippen LogP contribution in [-0.2, 0) is 6.42 Å². The predicted octanol–water partition coefficient (Wildman–Crippen LogP) is 2.78. The molecule has 110 valence electrons. The first-order valence-corrected chi connectivity index (χ1v) is 8.22. The average molecular weight is 273 g/mol. The molecular formula is C17H27N3. The molecule has 2 unspecified atom stereocenters. The molecule has 1 aliphatic carbocycles. The monoisotopic (exact) mass is 273 g/mol. The van der Waals surface area contributed by atoms with Crippen LogP contribution in [-0.4, -0.2) is 36.1 Å². The molecule has 0 bridgehead atoms. The number of aryl methyl sites for hydroxylation is 1. The van der Waals surface area contributed by atoms with E-state index in [0.29, 0.717) is 6.04 Å². The van der Waals surface area contributed by atoms with Crippen molar-refractivity contribution in [2.75, 3.05) is 26.2 Å². The van der Waals surface area contributed by atoms with Crippen LogP contribution >= 0.6 is 0 Å². The summed E-state index contributed by atoms with van der Waals surface area (Å²) in [6.45, 7) is 7.33. The van der Waals surface area contributed by atoms with E-state index in [0.717, 1.165) is 12.5 Å². The lowest BCUT2D eigenvalue weighted by molar-refractivity contribution is 0.197. The normalized spacial score (nSPS) is 24.6. The fraction of sp³-hybridized carbons (Fsp3) is 0.706. The van der Waals surface area contributed by atoms with Crippen molar-refractivity contribution in [1.29, 1.82) is 0 Å². The highest BCUT2D eigenvalue weighted by atomic mass is 15.1. The van der Waals surface area contributed by atoms with Gasteiger partial charge in [0, 0.05) is 12.7 Å². The summed E-state index contributed by atoms with van der Waals surface area (Å²) in [6.07, 6.45) is 8.52. The molecule has 0 aromatic carbocycles. The maximum absolute atomic E-state index is 4.56. The van der Waals surface area contributed by atoms with Crippen molar-refractivity contribution in [2.45, 2.75) is 45.1 Å². The summed E-state index contributed by atoms with van der Waals surface area (Å²) in [5.74, 6) is 0.723. The molecule has 2 aliphatic rings. The Bertz CT molecular complexity index is 426. The van der Waals surface area contributed by atoms with Crippen LogP contribution in [0, 0.1) is 5.92 Å².